The summed E-state index contributed by atoms with van der Waals surface area (Å²) in [5.41, 5.74) is 3.24. The van der Waals surface area contributed by atoms with Gasteiger partial charge in [0.05, 0.1) is 36.9 Å². The number of carbonyl (C=O) groups is 2. The zero-order valence-electron chi connectivity index (χ0n) is 17.9. The molecule has 0 unspecified atom stereocenters. The van der Waals surface area contributed by atoms with Crippen molar-refractivity contribution in [2.75, 3.05) is 20.8 Å². The van der Waals surface area contributed by atoms with E-state index < -0.39 is 11.7 Å². The average molecular weight is 486 g/mol. The number of amides is 1. The molecule has 7 nitrogen and oxygen atoms in total. The van der Waals surface area contributed by atoms with Gasteiger partial charge < -0.3 is 14.8 Å². The van der Waals surface area contributed by atoms with Gasteiger partial charge in [-0.05, 0) is 50.1 Å². The predicted octanol–water partition coefficient (Wildman–Crippen LogP) is 3.81. The van der Waals surface area contributed by atoms with Gasteiger partial charge in [0, 0.05) is 11.0 Å². The lowest BCUT2D eigenvalue weighted by molar-refractivity contribution is -0.116. The fourth-order valence-electron chi connectivity index (χ4n) is 3.38. The zero-order valence-corrected chi connectivity index (χ0v) is 19.4. The number of hydrogen-bond donors (Lipinski definition) is 1. The van der Waals surface area contributed by atoms with E-state index in [2.05, 4.69) is 26.3 Å². The first-order valence-corrected chi connectivity index (χ1v) is 10.5. The van der Waals surface area contributed by atoms with Gasteiger partial charge in [-0.1, -0.05) is 34.1 Å². The van der Waals surface area contributed by atoms with Gasteiger partial charge in [-0.15, -0.1) is 0 Å². The van der Waals surface area contributed by atoms with Gasteiger partial charge in [-0.2, -0.15) is 5.10 Å². The van der Waals surface area contributed by atoms with Crippen LogP contribution in [0.15, 0.2) is 46.9 Å². The van der Waals surface area contributed by atoms with Crippen LogP contribution in [0.4, 0.5) is 0 Å². The molecule has 2 aromatic carbocycles. The Kier molecular flexibility index (Phi) is 7.12. The van der Waals surface area contributed by atoms with E-state index in [1.165, 1.54) is 0 Å². The van der Waals surface area contributed by atoms with E-state index in [0.29, 0.717) is 41.4 Å². The highest BCUT2D eigenvalue weighted by Crippen LogP contribution is 2.33. The number of Topliss-reactive ketones (excluding diaryl/α,β-unsaturated/α-hetero) is 1. The third kappa shape index (κ3) is 4.80. The number of methoxy groups -OCH3 is 2. The quantitative estimate of drug-likeness (QED) is 0.387. The van der Waals surface area contributed by atoms with Gasteiger partial charge in [0.2, 0.25) is 0 Å². The number of aryl methyl sites for hydroxylation is 1. The Hall–Kier alpha value is -3.13. The molecule has 8 heteroatoms. The summed E-state index contributed by atoms with van der Waals surface area (Å²) in [6, 6.07) is 13.1. The molecule has 0 aliphatic rings. The summed E-state index contributed by atoms with van der Waals surface area (Å²) < 4.78 is 13.1. The van der Waals surface area contributed by atoms with Crippen LogP contribution in [0.25, 0.3) is 5.69 Å². The third-order valence-electron chi connectivity index (χ3n) is 4.96. The Morgan fingerprint density at radius 3 is 2.35 bits per heavy atom. The van der Waals surface area contributed by atoms with Gasteiger partial charge in [-0.25, -0.2) is 4.68 Å². The van der Waals surface area contributed by atoms with Crippen molar-refractivity contribution in [2.24, 2.45) is 0 Å². The van der Waals surface area contributed by atoms with Crippen molar-refractivity contribution in [3.63, 3.8) is 0 Å². The minimum absolute atomic E-state index is 0.295. The second-order valence-electron chi connectivity index (χ2n) is 6.93. The van der Waals surface area contributed by atoms with Crippen molar-refractivity contribution in [1.82, 2.24) is 15.1 Å². The molecule has 3 aromatic rings. The van der Waals surface area contributed by atoms with E-state index in [-0.39, 0.29) is 0 Å². The van der Waals surface area contributed by atoms with Crippen LogP contribution < -0.4 is 14.8 Å². The van der Waals surface area contributed by atoms with E-state index in [1.54, 1.807) is 32.7 Å². The monoisotopic (exact) mass is 485 g/mol. The Morgan fingerprint density at radius 2 is 1.71 bits per heavy atom. The number of hydrogen-bond acceptors (Lipinski definition) is 5. The fourth-order valence-corrected chi connectivity index (χ4v) is 3.90. The van der Waals surface area contributed by atoms with Crippen molar-refractivity contribution in [2.45, 2.75) is 20.3 Å². The Labute approximate surface area is 189 Å². The minimum atomic E-state index is -0.657. The number of halogens is 1. The summed E-state index contributed by atoms with van der Waals surface area (Å²) in [7, 11) is 3.13. The number of nitrogens with one attached hydrogen (secondary N) is 1. The summed E-state index contributed by atoms with van der Waals surface area (Å²) >= 11 is 3.50. The highest BCUT2D eigenvalue weighted by atomic mass is 79.9. The van der Waals surface area contributed by atoms with Crippen LogP contribution in [0, 0.1) is 13.8 Å². The molecule has 0 aliphatic carbocycles. The predicted molar refractivity (Wildman–Crippen MR) is 121 cm³/mol. The van der Waals surface area contributed by atoms with Crippen LogP contribution >= 0.6 is 15.9 Å². The van der Waals surface area contributed by atoms with Gasteiger partial charge >= 0.3 is 0 Å². The first-order chi connectivity index (χ1) is 14.9. The SMILES string of the molecule is COc1cc(Br)c(CCNC(=O)C(=O)c2c(C)nn(-c3ccccc3)c2C)cc1OC. The number of rotatable bonds is 8. The molecule has 1 heterocycles. The van der Waals surface area contributed by atoms with Crippen molar-refractivity contribution < 1.29 is 19.1 Å². The van der Waals surface area contributed by atoms with Crippen LogP contribution in [0.2, 0.25) is 0 Å². The zero-order chi connectivity index (χ0) is 22.5. The summed E-state index contributed by atoms with van der Waals surface area (Å²) in [5.74, 6) is -0.0413. The van der Waals surface area contributed by atoms with Crippen LogP contribution in [0.3, 0.4) is 0 Å². The highest BCUT2D eigenvalue weighted by Gasteiger charge is 2.25. The van der Waals surface area contributed by atoms with Crippen LogP contribution in [0.5, 0.6) is 11.5 Å². The van der Waals surface area contributed by atoms with E-state index >= 15 is 0 Å². The number of benzene rings is 2. The maximum atomic E-state index is 12.8. The number of para-hydroxylation sites is 1. The summed E-state index contributed by atoms with van der Waals surface area (Å²) in [4.78, 5) is 25.4. The van der Waals surface area contributed by atoms with Crippen molar-refractivity contribution >= 4 is 27.6 Å². The van der Waals surface area contributed by atoms with Crippen molar-refractivity contribution in [3.05, 3.63) is 69.5 Å². The van der Waals surface area contributed by atoms with Crippen LogP contribution in [0.1, 0.15) is 27.3 Å². The molecule has 162 valence electrons. The van der Waals surface area contributed by atoms with Gasteiger partial charge in [0.1, 0.15) is 0 Å². The lowest BCUT2D eigenvalue weighted by Gasteiger charge is -2.12. The molecule has 0 saturated heterocycles. The topological polar surface area (TPSA) is 82.5 Å². The number of nitrogens with zero attached hydrogens (tertiary/aromatic N) is 2. The highest BCUT2D eigenvalue weighted by molar-refractivity contribution is 9.10. The average Bonchev–Trinajstić information content (AvgIpc) is 3.08. The van der Waals surface area contributed by atoms with E-state index in [0.717, 1.165) is 15.7 Å². The molecule has 0 bridgehead atoms. The molecule has 31 heavy (non-hydrogen) atoms. The van der Waals surface area contributed by atoms with E-state index in [1.807, 2.05) is 42.5 Å². The molecule has 3 rings (SSSR count). The van der Waals surface area contributed by atoms with Crippen LogP contribution in [-0.2, 0) is 11.2 Å². The van der Waals surface area contributed by atoms with E-state index in [4.69, 9.17) is 9.47 Å². The second-order valence-corrected chi connectivity index (χ2v) is 7.78. The Bertz CT molecular complexity index is 1110. The molecule has 0 fully saturated rings. The largest absolute Gasteiger partial charge is 0.493 e. The molecule has 1 N–H and O–H groups in total. The Morgan fingerprint density at radius 1 is 1.06 bits per heavy atom. The van der Waals surface area contributed by atoms with Gasteiger partial charge in [0.15, 0.2) is 11.5 Å². The summed E-state index contributed by atoms with van der Waals surface area (Å²) in [5, 5.41) is 7.15. The normalized spacial score (nSPS) is 10.6. The van der Waals surface area contributed by atoms with Gasteiger partial charge in [-0.3, -0.25) is 9.59 Å². The number of ether oxygens (including phenoxy) is 2. The molecular formula is C23H24BrN3O4. The Balaban J connectivity index is 1.70. The maximum absolute atomic E-state index is 12.8. The lowest BCUT2D eigenvalue weighted by atomic mass is 10.1. The molecule has 1 aromatic heterocycles. The number of aromatic nitrogens is 2. The molecule has 0 atom stereocenters. The standard InChI is InChI=1S/C23H24BrN3O4/c1-14-21(15(2)27(26-14)17-8-6-5-7-9-17)22(28)23(29)25-11-10-16-12-19(30-3)20(31-4)13-18(16)24/h5-9,12-13H,10-11H2,1-4H3,(H,25,29). The lowest BCUT2D eigenvalue weighted by Crippen LogP contribution is -2.33. The first-order valence-electron chi connectivity index (χ1n) is 9.72. The first kappa shape index (κ1) is 22.6. The molecule has 0 saturated carbocycles. The van der Waals surface area contributed by atoms with Gasteiger partial charge in [0.25, 0.3) is 11.7 Å². The van der Waals surface area contributed by atoms with Crippen molar-refractivity contribution in [3.8, 4) is 17.2 Å². The molecule has 0 radical (unpaired) electrons. The molecule has 1 amide bonds. The molecular weight excluding hydrogens is 462 g/mol. The molecule has 0 spiro atoms. The summed E-state index contributed by atoms with van der Waals surface area (Å²) in [6.07, 6.45) is 0.515. The third-order valence-corrected chi connectivity index (χ3v) is 5.70. The molecule has 0 aliphatic heterocycles. The number of carbonyl (C=O) groups excluding carboxylic acids is 2. The summed E-state index contributed by atoms with van der Waals surface area (Å²) in [6.45, 7) is 3.81. The second kappa shape index (κ2) is 9.78. The fraction of sp³-hybridized carbons (Fsp3) is 0.261. The maximum Gasteiger partial charge on any atom is 0.292 e. The van der Waals surface area contributed by atoms with Crippen molar-refractivity contribution in [1.29, 1.82) is 0 Å². The van der Waals surface area contributed by atoms with E-state index in [9.17, 15) is 9.59 Å². The number of ketones is 1. The smallest absolute Gasteiger partial charge is 0.292 e. The van der Waals surface area contributed by atoms with Crippen LogP contribution in [-0.4, -0.2) is 42.2 Å². The minimum Gasteiger partial charge on any atom is -0.493 e.